The molecule has 5 heteroatoms. The van der Waals surface area contributed by atoms with Crippen LogP contribution in [-0.4, -0.2) is 4.98 Å². The molecule has 1 aromatic heterocycles. The van der Waals surface area contributed by atoms with Crippen LogP contribution in [0.2, 0.25) is 0 Å². The van der Waals surface area contributed by atoms with Crippen molar-refractivity contribution >= 4 is 11.8 Å². The first-order chi connectivity index (χ1) is 8.55. The monoisotopic (exact) mass is 269 g/mol. The SMILES string of the molecule is FC(F)(F)c1cccc(CSc2ccccn2)c1. The summed E-state index contributed by atoms with van der Waals surface area (Å²) in [5, 5.41) is 0.801. The highest BCUT2D eigenvalue weighted by Gasteiger charge is 2.30. The molecular formula is C13H10F3NS. The molecule has 0 fully saturated rings. The van der Waals surface area contributed by atoms with E-state index in [2.05, 4.69) is 4.98 Å². The molecule has 1 nitrogen and oxygen atoms in total. The van der Waals surface area contributed by atoms with E-state index in [0.29, 0.717) is 11.3 Å². The highest BCUT2D eigenvalue weighted by Crippen LogP contribution is 2.30. The molecule has 0 saturated carbocycles. The summed E-state index contributed by atoms with van der Waals surface area (Å²) in [7, 11) is 0. The molecule has 0 saturated heterocycles. The Bertz CT molecular complexity index is 511. The molecule has 1 aromatic carbocycles. The Morgan fingerprint density at radius 3 is 2.56 bits per heavy atom. The van der Waals surface area contributed by atoms with Gasteiger partial charge in [-0.05, 0) is 23.8 Å². The fourth-order valence-electron chi connectivity index (χ4n) is 1.43. The minimum atomic E-state index is -4.29. The van der Waals surface area contributed by atoms with Gasteiger partial charge in [-0.25, -0.2) is 4.98 Å². The van der Waals surface area contributed by atoms with E-state index in [0.717, 1.165) is 11.1 Å². The molecule has 0 aliphatic heterocycles. The summed E-state index contributed by atoms with van der Waals surface area (Å²) >= 11 is 1.41. The van der Waals surface area contributed by atoms with Crippen molar-refractivity contribution in [1.82, 2.24) is 4.98 Å². The van der Waals surface area contributed by atoms with Gasteiger partial charge in [0.1, 0.15) is 0 Å². The number of thioether (sulfide) groups is 1. The fraction of sp³-hybridized carbons (Fsp3) is 0.154. The van der Waals surface area contributed by atoms with Gasteiger partial charge in [-0.1, -0.05) is 24.3 Å². The van der Waals surface area contributed by atoms with Crippen LogP contribution in [0.25, 0.3) is 0 Å². The molecular weight excluding hydrogens is 259 g/mol. The lowest BCUT2D eigenvalue weighted by Gasteiger charge is -2.08. The highest BCUT2D eigenvalue weighted by molar-refractivity contribution is 7.98. The Morgan fingerprint density at radius 2 is 1.89 bits per heavy atom. The number of alkyl halides is 3. The second-order valence-corrected chi connectivity index (χ2v) is 4.65. The second kappa shape index (κ2) is 5.44. The summed E-state index contributed by atoms with van der Waals surface area (Å²) in [5.41, 5.74) is 0.0297. The minimum absolute atomic E-state index is 0.473. The van der Waals surface area contributed by atoms with Gasteiger partial charge < -0.3 is 0 Å². The van der Waals surface area contributed by atoms with E-state index in [4.69, 9.17) is 0 Å². The summed E-state index contributed by atoms with van der Waals surface area (Å²) < 4.78 is 37.5. The van der Waals surface area contributed by atoms with Gasteiger partial charge in [0, 0.05) is 11.9 Å². The summed E-state index contributed by atoms with van der Waals surface area (Å²) in [4.78, 5) is 4.11. The van der Waals surface area contributed by atoms with Gasteiger partial charge in [0.25, 0.3) is 0 Å². The van der Waals surface area contributed by atoms with Gasteiger partial charge in [-0.2, -0.15) is 13.2 Å². The summed E-state index contributed by atoms with van der Waals surface area (Å²) in [6.07, 6.45) is -2.62. The maximum atomic E-state index is 12.5. The Morgan fingerprint density at radius 1 is 1.06 bits per heavy atom. The molecule has 0 amide bonds. The molecule has 0 aliphatic carbocycles. The Labute approximate surface area is 107 Å². The van der Waals surface area contributed by atoms with E-state index in [9.17, 15) is 13.2 Å². The van der Waals surface area contributed by atoms with Crippen LogP contribution in [0.1, 0.15) is 11.1 Å². The predicted molar refractivity (Wildman–Crippen MR) is 65.2 cm³/mol. The topological polar surface area (TPSA) is 12.9 Å². The normalized spacial score (nSPS) is 11.5. The lowest BCUT2D eigenvalue weighted by atomic mass is 10.1. The fourth-order valence-corrected chi connectivity index (χ4v) is 2.23. The van der Waals surface area contributed by atoms with Crippen LogP contribution in [0.15, 0.2) is 53.7 Å². The molecule has 94 valence electrons. The molecule has 1 heterocycles. The number of hydrogen-bond donors (Lipinski definition) is 0. The predicted octanol–water partition coefficient (Wildman–Crippen LogP) is 4.39. The molecule has 0 aliphatic rings. The van der Waals surface area contributed by atoms with Crippen molar-refractivity contribution in [3.05, 3.63) is 59.8 Å². The van der Waals surface area contributed by atoms with Crippen LogP contribution < -0.4 is 0 Å². The van der Waals surface area contributed by atoms with Gasteiger partial charge in [0.15, 0.2) is 0 Å². The first-order valence-corrected chi connectivity index (χ1v) is 6.24. The second-order valence-electron chi connectivity index (χ2n) is 3.65. The summed E-state index contributed by atoms with van der Waals surface area (Å²) in [5.74, 6) is 0.473. The number of rotatable bonds is 3. The zero-order valence-electron chi connectivity index (χ0n) is 9.32. The van der Waals surface area contributed by atoms with Crippen LogP contribution in [-0.2, 0) is 11.9 Å². The van der Waals surface area contributed by atoms with Crippen LogP contribution >= 0.6 is 11.8 Å². The third-order valence-electron chi connectivity index (χ3n) is 2.28. The maximum absolute atomic E-state index is 12.5. The van der Waals surface area contributed by atoms with E-state index in [1.54, 1.807) is 18.3 Å². The molecule has 0 unspecified atom stereocenters. The van der Waals surface area contributed by atoms with Crippen LogP contribution in [0, 0.1) is 0 Å². The third kappa shape index (κ3) is 3.50. The van der Waals surface area contributed by atoms with Crippen molar-refractivity contribution in [1.29, 1.82) is 0 Å². The van der Waals surface area contributed by atoms with Crippen LogP contribution in [0.5, 0.6) is 0 Å². The Hall–Kier alpha value is -1.49. The van der Waals surface area contributed by atoms with Crippen molar-refractivity contribution in [2.24, 2.45) is 0 Å². The van der Waals surface area contributed by atoms with Crippen molar-refractivity contribution in [2.75, 3.05) is 0 Å². The van der Waals surface area contributed by atoms with Crippen molar-refractivity contribution in [3.8, 4) is 0 Å². The first kappa shape index (κ1) is 13.0. The molecule has 2 rings (SSSR count). The highest BCUT2D eigenvalue weighted by atomic mass is 32.2. The summed E-state index contributed by atoms with van der Waals surface area (Å²) in [6.45, 7) is 0. The molecule has 0 spiro atoms. The quantitative estimate of drug-likeness (QED) is 0.766. The minimum Gasteiger partial charge on any atom is -0.250 e. The van der Waals surface area contributed by atoms with E-state index in [1.807, 2.05) is 12.1 Å². The average molecular weight is 269 g/mol. The van der Waals surface area contributed by atoms with Gasteiger partial charge in [0.2, 0.25) is 0 Å². The summed E-state index contributed by atoms with van der Waals surface area (Å²) in [6, 6.07) is 10.8. The van der Waals surface area contributed by atoms with Crippen molar-refractivity contribution < 1.29 is 13.2 Å². The van der Waals surface area contributed by atoms with Crippen molar-refractivity contribution in [2.45, 2.75) is 17.0 Å². The number of nitrogens with zero attached hydrogens (tertiary/aromatic N) is 1. The molecule has 0 N–H and O–H groups in total. The van der Waals surface area contributed by atoms with Crippen LogP contribution in [0.4, 0.5) is 13.2 Å². The molecule has 0 radical (unpaired) electrons. The number of halogens is 3. The van der Waals surface area contributed by atoms with Crippen molar-refractivity contribution in [3.63, 3.8) is 0 Å². The van der Waals surface area contributed by atoms with Gasteiger partial charge in [-0.15, -0.1) is 11.8 Å². The number of hydrogen-bond acceptors (Lipinski definition) is 2. The smallest absolute Gasteiger partial charge is 0.250 e. The average Bonchev–Trinajstić information content (AvgIpc) is 2.37. The zero-order chi connectivity index (χ0) is 13.0. The number of pyridine rings is 1. The van der Waals surface area contributed by atoms with Gasteiger partial charge in [0.05, 0.1) is 10.6 Å². The van der Waals surface area contributed by atoms with E-state index >= 15 is 0 Å². The molecule has 18 heavy (non-hydrogen) atoms. The number of benzene rings is 1. The lowest BCUT2D eigenvalue weighted by Crippen LogP contribution is -2.04. The number of aromatic nitrogens is 1. The first-order valence-electron chi connectivity index (χ1n) is 5.26. The van der Waals surface area contributed by atoms with Gasteiger partial charge >= 0.3 is 6.18 Å². The zero-order valence-corrected chi connectivity index (χ0v) is 10.1. The van der Waals surface area contributed by atoms with E-state index in [-0.39, 0.29) is 0 Å². The van der Waals surface area contributed by atoms with Crippen LogP contribution in [0.3, 0.4) is 0 Å². The largest absolute Gasteiger partial charge is 0.416 e. The molecule has 0 atom stereocenters. The lowest BCUT2D eigenvalue weighted by molar-refractivity contribution is -0.137. The van der Waals surface area contributed by atoms with Gasteiger partial charge in [-0.3, -0.25) is 0 Å². The molecule has 2 aromatic rings. The standard InChI is InChI=1S/C13H10F3NS/c14-13(15,16)11-5-3-4-10(8-11)9-18-12-6-1-2-7-17-12/h1-8H,9H2. The van der Waals surface area contributed by atoms with E-state index < -0.39 is 11.7 Å². The maximum Gasteiger partial charge on any atom is 0.416 e. The third-order valence-corrected chi connectivity index (χ3v) is 3.29. The van der Waals surface area contributed by atoms with E-state index in [1.165, 1.54) is 23.9 Å². The Kier molecular flexibility index (Phi) is 3.91. The molecule has 0 bridgehead atoms. The Balaban J connectivity index is 2.06.